The largest absolute Gasteiger partial charge is 0.459 e. The van der Waals surface area contributed by atoms with Crippen molar-refractivity contribution in [2.45, 2.75) is 20.8 Å². The number of benzene rings is 2. The van der Waals surface area contributed by atoms with E-state index in [0.29, 0.717) is 5.69 Å². The van der Waals surface area contributed by atoms with Gasteiger partial charge in [0.1, 0.15) is 0 Å². The number of hydrogen-bond acceptors (Lipinski definition) is 5. The minimum atomic E-state index is -0.633. The van der Waals surface area contributed by atoms with Crippen LogP contribution in [0.4, 0.5) is 11.4 Å². The Hall–Kier alpha value is -3.87. The van der Waals surface area contributed by atoms with Crippen LogP contribution in [0.5, 0.6) is 0 Å². The first-order valence-corrected chi connectivity index (χ1v) is 9.33. The number of rotatable bonds is 6. The molecule has 0 bridgehead atoms. The molecule has 0 radical (unpaired) electrons. The minimum Gasteiger partial charge on any atom is -0.459 e. The van der Waals surface area contributed by atoms with Crippen LogP contribution in [-0.2, 0) is 9.53 Å². The van der Waals surface area contributed by atoms with E-state index in [0.717, 1.165) is 22.4 Å². The molecule has 1 heterocycles. The van der Waals surface area contributed by atoms with Gasteiger partial charge in [-0.2, -0.15) is 0 Å². The number of furan rings is 1. The highest BCUT2D eigenvalue weighted by molar-refractivity contribution is 6.02. The van der Waals surface area contributed by atoms with Gasteiger partial charge in [-0.15, -0.1) is 0 Å². The van der Waals surface area contributed by atoms with Crippen LogP contribution in [0, 0.1) is 20.8 Å². The molecule has 2 aromatic carbocycles. The van der Waals surface area contributed by atoms with Crippen LogP contribution in [0.25, 0.3) is 0 Å². The summed E-state index contributed by atoms with van der Waals surface area (Å²) in [5.41, 5.74) is 4.48. The molecular weight excluding hydrogens is 384 g/mol. The number of anilines is 2. The summed E-state index contributed by atoms with van der Waals surface area (Å²) in [6.45, 7) is 5.41. The lowest BCUT2D eigenvalue weighted by molar-refractivity contribution is -0.119. The van der Waals surface area contributed by atoms with Gasteiger partial charge in [0.2, 0.25) is 0 Å². The van der Waals surface area contributed by atoms with E-state index in [1.54, 1.807) is 24.3 Å². The second-order valence-electron chi connectivity index (χ2n) is 6.91. The van der Waals surface area contributed by atoms with Crippen LogP contribution in [0.1, 0.15) is 37.6 Å². The van der Waals surface area contributed by atoms with Crippen LogP contribution >= 0.6 is 0 Å². The van der Waals surface area contributed by atoms with Crippen LogP contribution in [-0.4, -0.2) is 24.4 Å². The van der Waals surface area contributed by atoms with E-state index in [1.807, 2.05) is 32.9 Å². The Morgan fingerprint density at radius 1 is 0.933 bits per heavy atom. The predicted molar refractivity (Wildman–Crippen MR) is 113 cm³/mol. The lowest BCUT2D eigenvalue weighted by Crippen LogP contribution is -2.22. The lowest BCUT2D eigenvalue weighted by atomic mass is 10.1. The van der Waals surface area contributed by atoms with E-state index >= 15 is 0 Å². The maximum absolute atomic E-state index is 12.2. The summed E-state index contributed by atoms with van der Waals surface area (Å²) in [5, 5.41) is 5.44. The molecule has 0 unspecified atom stereocenters. The second kappa shape index (κ2) is 9.09. The van der Waals surface area contributed by atoms with Gasteiger partial charge in [0.05, 0.1) is 11.8 Å². The Morgan fingerprint density at radius 3 is 2.20 bits per heavy atom. The van der Waals surface area contributed by atoms with Gasteiger partial charge in [-0.05, 0) is 68.3 Å². The van der Waals surface area contributed by atoms with Gasteiger partial charge in [0.15, 0.2) is 12.4 Å². The summed E-state index contributed by atoms with van der Waals surface area (Å²) >= 11 is 0. The third-order valence-corrected chi connectivity index (χ3v) is 4.40. The normalized spacial score (nSPS) is 10.4. The molecular formula is C23H22N2O5. The van der Waals surface area contributed by atoms with Gasteiger partial charge in [0, 0.05) is 11.4 Å². The average molecular weight is 406 g/mol. The molecule has 2 N–H and O–H groups in total. The summed E-state index contributed by atoms with van der Waals surface area (Å²) in [7, 11) is 0. The van der Waals surface area contributed by atoms with Crippen molar-refractivity contribution in [2.75, 3.05) is 17.2 Å². The van der Waals surface area contributed by atoms with E-state index < -0.39 is 24.4 Å². The molecule has 0 atom stereocenters. The molecule has 0 aliphatic heterocycles. The second-order valence-corrected chi connectivity index (χ2v) is 6.91. The molecule has 0 aliphatic carbocycles. The number of esters is 1. The molecule has 7 nitrogen and oxygen atoms in total. The van der Waals surface area contributed by atoms with Crippen molar-refractivity contribution in [1.82, 2.24) is 0 Å². The molecule has 30 heavy (non-hydrogen) atoms. The van der Waals surface area contributed by atoms with Gasteiger partial charge >= 0.3 is 5.97 Å². The van der Waals surface area contributed by atoms with Crippen molar-refractivity contribution < 1.29 is 23.5 Å². The van der Waals surface area contributed by atoms with Crippen molar-refractivity contribution in [3.05, 3.63) is 82.8 Å². The fourth-order valence-electron chi connectivity index (χ4n) is 3.06. The van der Waals surface area contributed by atoms with E-state index in [1.165, 1.54) is 18.4 Å². The highest BCUT2D eigenvalue weighted by Gasteiger charge is 2.13. The zero-order chi connectivity index (χ0) is 21.7. The first-order valence-electron chi connectivity index (χ1n) is 9.33. The molecule has 7 heteroatoms. The summed E-state index contributed by atoms with van der Waals surface area (Å²) < 4.78 is 10.1. The fraction of sp³-hybridized carbons (Fsp3) is 0.174. The van der Waals surface area contributed by atoms with E-state index in [-0.39, 0.29) is 11.3 Å². The number of carbonyl (C=O) groups is 3. The summed E-state index contributed by atoms with van der Waals surface area (Å²) in [6.07, 6.45) is 1.41. The summed E-state index contributed by atoms with van der Waals surface area (Å²) in [5.74, 6) is -1.26. The van der Waals surface area contributed by atoms with Crippen LogP contribution in [0.3, 0.4) is 0 Å². The monoisotopic (exact) mass is 406 g/mol. The molecule has 0 aliphatic rings. The quantitative estimate of drug-likeness (QED) is 0.597. The highest BCUT2D eigenvalue weighted by Crippen LogP contribution is 2.21. The van der Waals surface area contributed by atoms with Crippen molar-refractivity contribution >= 4 is 29.2 Å². The predicted octanol–water partition coefficient (Wildman–Crippen LogP) is 4.25. The summed E-state index contributed by atoms with van der Waals surface area (Å²) in [4.78, 5) is 36.3. The number of hydrogen-bond donors (Lipinski definition) is 2. The highest BCUT2D eigenvalue weighted by atomic mass is 16.5. The van der Waals surface area contributed by atoms with Gasteiger partial charge in [-0.1, -0.05) is 17.7 Å². The Bertz CT molecular complexity index is 1050. The maximum atomic E-state index is 12.2. The fourth-order valence-corrected chi connectivity index (χ4v) is 3.06. The molecule has 0 saturated carbocycles. The molecule has 0 fully saturated rings. The van der Waals surface area contributed by atoms with Crippen LogP contribution in [0.2, 0.25) is 0 Å². The number of ether oxygens (including phenoxy) is 1. The zero-order valence-corrected chi connectivity index (χ0v) is 16.9. The summed E-state index contributed by atoms with van der Waals surface area (Å²) in [6, 6.07) is 13.3. The van der Waals surface area contributed by atoms with E-state index in [9.17, 15) is 14.4 Å². The molecule has 2 amide bonds. The van der Waals surface area contributed by atoms with Crippen LogP contribution in [0.15, 0.2) is 59.2 Å². The topological polar surface area (TPSA) is 97.6 Å². The SMILES string of the molecule is Cc1cc(C)c(NC(=O)COC(=O)c2ccc(NC(=O)c3ccco3)cc2)c(C)c1. The first kappa shape index (κ1) is 20.9. The first-order chi connectivity index (χ1) is 14.3. The van der Waals surface area contributed by atoms with Crippen molar-refractivity contribution in [3.8, 4) is 0 Å². The zero-order valence-electron chi connectivity index (χ0n) is 16.9. The molecule has 0 spiro atoms. The maximum Gasteiger partial charge on any atom is 0.338 e. The average Bonchev–Trinajstić information content (AvgIpc) is 3.24. The Labute approximate surface area is 174 Å². The van der Waals surface area contributed by atoms with Crippen molar-refractivity contribution in [2.24, 2.45) is 0 Å². The Morgan fingerprint density at radius 2 is 1.60 bits per heavy atom. The van der Waals surface area contributed by atoms with Gasteiger partial charge in [0.25, 0.3) is 11.8 Å². The molecule has 154 valence electrons. The standard InChI is InChI=1S/C23H22N2O5/c1-14-11-15(2)21(16(3)12-14)25-20(26)13-30-23(28)17-6-8-18(9-7-17)24-22(27)19-5-4-10-29-19/h4-12H,13H2,1-3H3,(H,24,27)(H,25,26). The number of carbonyl (C=O) groups excluding carboxylic acids is 3. The van der Waals surface area contributed by atoms with Gasteiger partial charge in [-0.25, -0.2) is 4.79 Å². The number of nitrogens with one attached hydrogen (secondary N) is 2. The Kier molecular flexibility index (Phi) is 6.32. The third kappa shape index (κ3) is 5.14. The smallest absolute Gasteiger partial charge is 0.338 e. The molecule has 3 aromatic rings. The van der Waals surface area contributed by atoms with E-state index in [4.69, 9.17) is 9.15 Å². The number of aryl methyl sites for hydroxylation is 3. The molecule has 0 saturated heterocycles. The van der Waals surface area contributed by atoms with Gasteiger partial charge in [-0.3, -0.25) is 9.59 Å². The number of amides is 2. The van der Waals surface area contributed by atoms with Crippen molar-refractivity contribution in [3.63, 3.8) is 0 Å². The third-order valence-electron chi connectivity index (χ3n) is 4.40. The minimum absolute atomic E-state index is 0.184. The molecule has 3 rings (SSSR count). The molecule has 1 aromatic heterocycles. The van der Waals surface area contributed by atoms with Gasteiger partial charge < -0.3 is 19.8 Å². The van der Waals surface area contributed by atoms with E-state index in [2.05, 4.69) is 10.6 Å². The van der Waals surface area contributed by atoms with Crippen molar-refractivity contribution in [1.29, 1.82) is 0 Å². The van der Waals surface area contributed by atoms with Crippen LogP contribution < -0.4 is 10.6 Å². The Balaban J connectivity index is 1.53. The lowest BCUT2D eigenvalue weighted by Gasteiger charge is -2.13.